The number of carbonyl (C=O) groups is 1. The summed E-state index contributed by atoms with van der Waals surface area (Å²) >= 11 is 0. The number of amides is 1. The summed E-state index contributed by atoms with van der Waals surface area (Å²) in [6.45, 7) is 8.95. The Morgan fingerprint density at radius 1 is 1.41 bits per heavy atom. The van der Waals surface area contributed by atoms with Crippen LogP contribution >= 0.6 is 0 Å². The van der Waals surface area contributed by atoms with Crippen LogP contribution in [0.5, 0.6) is 0 Å². The maximum atomic E-state index is 11.7. The largest absolute Gasteiger partial charge is 0.444 e. The van der Waals surface area contributed by atoms with Gasteiger partial charge in [-0.05, 0) is 58.1 Å². The number of nitrogens with zero attached hydrogens (tertiary/aromatic N) is 1. The highest BCUT2D eigenvalue weighted by atomic mass is 16.6. The lowest BCUT2D eigenvalue weighted by atomic mass is 10.1. The number of aromatic nitrogens is 1. The van der Waals surface area contributed by atoms with Crippen LogP contribution in [0, 0.1) is 12.8 Å². The van der Waals surface area contributed by atoms with Gasteiger partial charge in [0.15, 0.2) is 0 Å². The summed E-state index contributed by atoms with van der Waals surface area (Å²) in [6, 6.07) is 4.39. The van der Waals surface area contributed by atoms with Crippen LogP contribution in [-0.4, -0.2) is 29.3 Å². The molecule has 22 heavy (non-hydrogen) atoms. The monoisotopic (exact) mass is 305 g/mol. The highest BCUT2D eigenvalue weighted by Gasteiger charge is 2.31. The molecule has 1 fully saturated rings. The van der Waals surface area contributed by atoms with E-state index < -0.39 is 5.60 Å². The SMILES string of the molecule is Cc1ccc(CNC(CNC(=O)OC(C)(C)C)C2CC2)cn1. The minimum atomic E-state index is -0.458. The molecule has 1 aliphatic carbocycles. The van der Waals surface area contributed by atoms with Crippen molar-refractivity contribution in [3.05, 3.63) is 29.6 Å². The third-order valence-corrected chi connectivity index (χ3v) is 3.60. The lowest BCUT2D eigenvalue weighted by Gasteiger charge is -2.22. The molecule has 2 N–H and O–H groups in total. The quantitative estimate of drug-likeness (QED) is 0.848. The summed E-state index contributed by atoms with van der Waals surface area (Å²) in [6.07, 6.45) is 3.99. The molecule has 1 atom stereocenters. The van der Waals surface area contributed by atoms with Crippen LogP contribution in [0.1, 0.15) is 44.9 Å². The van der Waals surface area contributed by atoms with Crippen LogP contribution in [0.25, 0.3) is 0 Å². The molecule has 5 heteroatoms. The van der Waals surface area contributed by atoms with Gasteiger partial charge in [0.25, 0.3) is 0 Å². The molecule has 122 valence electrons. The Morgan fingerprint density at radius 3 is 2.68 bits per heavy atom. The number of aryl methyl sites for hydroxylation is 1. The predicted octanol–water partition coefficient (Wildman–Crippen LogP) is 2.78. The van der Waals surface area contributed by atoms with Crippen LogP contribution in [-0.2, 0) is 11.3 Å². The number of carbonyl (C=O) groups excluding carboxylic acids is 1. The molecule has 0 bridgehead atoms. The van der Waals surface area contributed by atoms with E-state index in [1.807, 2.05) is 40.0 Å². The minimum Gasteiger partial charge on any atom is -0.444 e. The number of alkyl carbamates (subject to hydrolysis) is 1. The fraction of sp³-hybridized carbons (Fsp3) is 0.647. The van der Waals surface area contributed by atoms with Crippen LogP contribution in [0.4, 0.5) is 4.79 Å². The van der Waals surface area contributed by atoms with Gasteiger partial charge in [-0.3, -0.25) is 4.98 Å². The van der Waals surface area contributed by atoms with Gasteiger partial charge in [-0.1, -0.05) is 6.07 Å². The van der Waals surface area contributed by atoms with E-state index >= 15 is 0 Å². The first kappa shape index (κ1) is 16.7. The summed E-state index contributed by atoms with van der Waals surface area (Å²) in [5, 5.41) is 6.39. The topological polar surface area (TPSA) is 63.2 Å². The van der Waals surface area contributed by atoms with Gasteiger partial charge in [0.2, 0.25) is 0 Å². The fourth-order valence-corrected chi connectivity index (χ4v) is 2.26. The van der Waals surface area contributed by atoms with Crippen LogP contribution in [0.2, 0.25) is 0 Å². The third kappa shape index (κ3) is 6.02. The van der Waals surface area contributed by atoms with Gasteiger partial charge < -0.3 is 15.4 Å². The van der Waals surface area contributed by atoms with Crippen molar-refractivity contribution in [2.45, 2.75) is 58.7 Å². The zero-order chi connectivity index (χ0) is 16.2. The summed E-state index contributed by atoms with van der Waals surface area (Å²) in [5.74, 6) is 0.647. The van der Waals surface area contributed by atoms with E-state index in [4.69, 9.17) is 4.74 Å². The molecule has 1 aliphatic rings. The molecule has 0 spiro atoms. The first-order valence-corrected chi connectivity index (χ1v) is 7.95. The van der Waals surface area contributed by atoms with E-state index in [1.54, 1.807) is 0 Å². The molecular formula is C17H27N3O2. The third-order valence-electron chi connectivity index (χ3n) is 3.60. The second-order valence-corrected chi connectivity index (χ2v) is 7.02. The van der Waals surface area contributed by atoms with Crippen molar-refractivity contribution >= 4 is 6.09 Å². The van der Waals surface area contributed by atoms with Crippen LogP contribution < -0.4 is 10.6 Å². The van der Waals surface area contributed by atoms with Crippen molar-refractivity contribution in [3.8, 4) is 0 Å². The molecule has 2 rings (SSSR count). The van der Waals surface area contributed by atoms with Crippen molar-refractivity contribution in [1.82, 2.24) is 15.6 Å². The molecule has 1 unspecified atom stereocenters. The van der Waals surface area contributed by atoms with E-state index in [0.717, 1.165) is 17.8 Å². The van der Waals surface area contributed by atoms with Crippen LogP contribution in [0.3, 0.4) is 0 Å². The highest BCUT2D eigenvalue weighted by molar-refractivity contribution is 5.67. The molecule has 0 saturated heterocycles. The number of hydrogen-bond acceptors (Lipinski definition) is 4. The number of hydrogen-bond donors (Lipinski definition) is 2. The van der Waals surface area contributed by atoms with E-state index in [-0.39, 0.29) is 12.1 Å². The maximum absolute atomic E-state index is 11.7. The van der Waals surface area contributed by atoms with Crippen molar-refractivity contribution in [1.29, 1.82) is 0 Å². The molecule has 0 aromatic carbocycles. The molecule has 1 saturated carbocycles. The number of rotatable bonds is 6. The lowest BCUT2D eigenvalue weighted by Crippen LogP contribution is -2.43. The molecule has 0 aliphatic heterocycles. The van der Waals surface area contributed by atoms with Gasteiger partial charge in [0.05, 0.1) is 0 Å². The number of pyridine rings is 1. The first-order chi connectivity index (χ1) is 10.3. The van der Waals surface area contributed by atoms with E-state index in [2.05, 4.69) is 21.7 Å². The summed E-state index contributed by atoms with van der Waals surface area (Å²) in [4.78, 5) is 16.0. The average molecular weight is 305 g/mol. The van der Waals surface area contributed by atoms with Crippen molar-refractivity contribution in [3.63, 3.8) is 0 Å². The Hall–Kier alpha value is -1.62. The normalized spacial score (nSPS) is 16.2. The zero-order valence-electron chi connectivity index (χ0n) is 14.0. The van der Waals surface area contributed by atoms with Crippen molar-refractivity contribution in [2.75, 3.05) is 6.54 Å². The van der Waals surface area contributed by atoms with Gasteiger partial charge >= 0.3 is 6.09 Å². The van der Waals surface area contributed by atoms with Gasteiger partial charge in [0.1, 0.15) is 5.60 Å². The summed E-state index contributed by atoms with van der Waals surface area (Å²) < 4.78 is 5.28. The molecule has 1 heterocycles. The first-order valence-electron chi connectivity index (χ1n) is 7.95. The molecule has 5 nitrogen and oxygen atoms in total. The summed E-state index contributed by atoms with van der Waals surface area (Å²) in [5.41, 5.74) is 1.72. The maximum Gasteiger partial charge on any atom is 0.407 e. The highest BCUT2D eigenvalue weighted by Crippen LogP contribution is 2.32. The molecule has 1 amide bonds. The average Bonchev–Trinajstić information content (AvgIpc) is 3.23. The standard InChI is InChI=1S/C17H27N3O2/c1-12-5-6-13(9-18-12)10-19-15(14-7-8-14)11-20-16(21)22-17(2,3)4/h5-6,9,14-15,19H,7-8,10-11H2,1-4H3,(H,20,21). The Kier molecular flexibility index (Phi) is 5.40. The van der Waals surface area contributed by atoms with Crippen molar-refractivity contribution < 1.29 is 9.53 Å². The number of ether oxygens (including phenoxy) is 1. The van der Waals surface area contributed by atoms with Crippen LogP contribution in [0.15, 0.2) is 18.3 Å². The van der Waals surface area contributed by atoms with E-state index in [1.165, 1.54) is 12.8 Å². The van der Waals surface area contributed by atoms with Crippen molar-refractivity contribution in [2.24, 2.45) is 5.92 Å². The summed E-state index contributed by atoms with van der Waals surface area (Å²) in [7, 11) is 0. The number of nitrogens with one attached hydrogen (secondary N) is 2. The zero-order valence-corrected chi connectivity index (χ0v) is 14.0. The Bertz CT molecular complexity index is 490. The fourth-order valence-electron chi connectivity index (χ4n) is 2.26. The Morgan fingerprint density at radius 2 is 2.14 bits per heavy atom. The Balaban J connectivity index is 1.78. The van der Waals surface area contributed by atoms with Gasteiger partial charge in [0, 0.05) is 31.0 Å². The van der Waals surface area contributed by atoms with Gasteiger partial charge in [-0.25, -0.2) is 4.79 Å². The van der Waals surface area contributed by atoms with Gasteiger partial charge in [-0.15, -0.1) is 0 Å². The minimum absolute atomic E-state index is 0.286. The molecule has 0 radical (unpaired) electrons. The smallest absolute Gasteiger partial charge is 0.407 e. The lowest BCUT2D eigenvalue weighted by molar-refractivity contribution is 0.0521. The second kappa shape index (κ2) is 7.09. The Labute approximate surface area is 132 Å². The molecular weight excluding hydrogens is 278 g/mol. The molecule has 1 aromatic rings. The molecule has 1 aromatic heterocycles. The predicted molar refractivity (Wildman–Crippen MR) is 86.6 cm³/mol. The van der Waals surface area contributed by atoms with Gasteiger partial charge in [-0.2, -0.15) is 0 Å². The second-order valence-electron chi connectivity index (χ2n) is 7.02. The van der Waals surface area contributed by atoms with E-state index in [0.29, 0.717) is 12.5 Å². The van der Waals surface area contributed by atoms with E-state index in [9.17, 15) is 4.79 Å².